The van der Waals surface area contributed by atoms with Crippen LogP contribution in [0.2, 0.25) is 0 Å². The monoisotopic (exact) mass is 330 g/mol. The van der Waals surface area contributed by atoms with Gasteiger partial charge in [0.1, 0.15) is 5.69 Å². The zero-order valence-electron chi connectivity index (χ0n) is 14.4. The van der Waals surface area contributed by atoms with E-state index in [2.05, 4.69) is 70.1 Å². The highest BCUT2D eigenvalue weighted by Crippen LogP contribution is 2.36. The molecular weight excluding hydrogens is 312 g/mol. The van der Waals surface area contributed by atoms with Gasteiger partial charge in [-0.25, -0.2) is 0 Å². The van der Waals surface area contributed by atoms with E-state index in [1.54, 1.807) is 0 Å². The van der Waals surface area contributed by atoms with Crippen molar-refractivity contribution in [2.75, 3.05) is 0 Å². The van der Waals surface area contributed by atoms with E-state index in [9.17, 15) is 0 Å². The van der Waals surface area contributed by atoms with Gasteiger partial charge in [0, 0.05) is 35.1 Å². The van der Waals surface area contributed by atoms with Gasteiger partial charge in [0.15, 0.2) is 5.82 Å². The van der Waals surface area contributed by atoms with Gasteiger partial charge in [-0.05, 0) is 30.7 Å². The smallest absolute Gasteiger partial charge is 0.274 e. The van der Waals surface area contributed by atoms with Crippen LogP contribution in [0.3, 0.4) is 0 Å². The molecule has 3 heterocycles. The third kappa shape index (κ3) is 1.89. The molecule has 0 aliphatic heterocycles. The number of rotatable bonds is 2. The van der Waals surface area contributed by atoms with Crippen LogP contribution in [-0.2, 0) is 13.5 Å². The summed E-state index contributed by atoms with van der Waals surface area (Å²) in [5.41, 5.74) is 5.66. The van der Waals surface area contributed by atoms with E-state index in [1.807, 2.05) is 6.92 Å². The van der Waals surface area contributed by atoms with E-state index in [4.69, 9.17) is 4.52 Å². The number of H-pyrrole nitrogens is 1. The molecular formula is C20H18N4O. The lowest BCUT2D eigenvalue weighted by Gasteiger charge is -2.04. The van der Waals surface area contributed by atoms with Gasteiger partial charge in [-0.15, -0.1) is 0 Å². The number of aromatic nitrogens is 4. The Balaban J connectivity index is 1.89. The van der Waals surface area contributed by atoms with E-state index in [-0.39, 0.29) is 0 Å². The number of hydrogen-bond acceptors (Lipinski definition) is 3. The van der Waals surface area contributed by atoms with Gasteiger partial charge in [-0.1, -0.05) is 30.3 Å². The molecule has 124 valence electrons. The molecule has 0 aliphatic rings. The Morgan fingerprint density at radius 2 is 1.96 bits per heavy atom. The fourth-order valence-corrected chi connectivity index (χ4v) is 3.79. The first-order valence-electron chi connectivity index (χ1n) is 8.49. The topological polar surface area (TPSA) is 59.6 Å². The van der Waals surface area contributed by atoms with E-state index in [0.717, 1.165) is 29.0 Å². The molecule has 0 amide bonds. The largest absolute Gasteiger partial charge is 0.354 e. The fraction of sp³-hybridized carbons (Fsp3) is 0.200. The minimum Gasteiger partial charge on any atom is -0.354 e. The molecule has 25 heavy (non-hydrogen) atoms. The lowest BCUT2D eigenvalue weighted by atomic mass is 10.1. The van der Waals surface area contributed by atoms with Crippen molar-refractivity contribution in [3.05, 3.63) is 47.8 Å². The maximum atomic E-state index is 5.47. The molecule has 0 atom stereocenters. The normalized spacial score (nSPS) is 12.0. The quantitative estimate of drug-likeness (QED) is 0.509. The Labute approximate surface area is 144 Å². The number of hydrogen-bond donors (Lipinski definition) is 1. The molecule has 0 fully saturated rings. The van der Waals surface area contributed by atoms with Gasteiger partial charge < -0.3 is 14.1 Å². The van der Waals surface area contributed by atoms with E-state index in [0.29, 0.717) is 5.89 Å². The number of aromatic amines is 1. The molecule has 0 radical (unpaired) electrons. The predicted molar refractivity (Wildman–Crippen MR) is 99.7 cm³/mol. The van der Waals surface area contributed by atoms with Gasteiger partial charge in [0.05, 0.1) is 11.0 Å². The maximum Gasteiger partial charge on any atom is 0.274 e. The van der Waals surface area contributed by atoms with Crippen molar-refractivity contribution >= 4 is 32.7 Å². The second-order valence-corrected chi connectivity index (χ2v) is 6.51. The summed E-state index contributed by atoms with van der Waals surface area (Å²) in [5, 5.41) is 7.71. The van der Waals surface area contributed by atoms with Crippen molar-refractivity contribution in [3.8, 4) is 11.6 Å². The highest BCUT2D eigenvalue weighted by molar-refractivity contribution is 6.18. The van der Waals surface area contributed by atoms with Gasteiger partial charge >= 0.3 is 0 Å². The van der Waals surface area contributed by atoms with Crippen LogP contribution in [0.4, 0.5) is 0 Å². The molecule has 0 spiro atoms. The van der Waals surface area contributed by atoms with E-state index >= 15 is 0 Å². The van der Waals surface area contributed by atoms with Crippen LogP contribution in [0.15, 0.2) is 40.9 Å². The average molecular weight is 330 g/mol. The molecule has 2 aromatic carbocycles. The minimum atomic E-state index is 0.569. The third-order valence-electron chi connectivity index (χ3n) is 4.99. The number of para-hydroxylation sites is 1. The van der Waals surface area contributed by atoms with Crippen molar-refractivity contribution in [1.29, 1.82) is 0 Å². The zero-order valence-corrected chi connectivity index (χ0v) is 14.4. The standard InChI is InChI=1S/C20H18N4O/c1-4-17-22-20(25-23-17)16-10-14-18-13(9-11(2)19(14)24(16)3)12-7-5-6-8-15(12)21-18/h5-10,21H,4H2,1-3H3. The number of nitrogens with zero attached hydrogens (tertiary/aromatic N) is 3. The number of nitrogens with one attached hydrogen (secondary N) is 1. The highest BCUT2D eigenvalue weighted by atomic mass is 16.5. The van der Waals surface area contributed by atoms with E-state index in [1.165, 1.54) is 27.2 Å². The van der Waals surface area contributed by atoms with Crippen LogP contribution >= 0.6 is 0 Å². The fourth-order valence-electron chi connectivity index (χ4n) is 3.79. The lowest BCUT2D eigenvalue weighted by molar-refractivity contribution is 0.421. The molecule has 3 aromatic heterocycles. The summed E-state index contributed by atoms with van der Waals surface area (Å²) >= 11 is 0. The van der Waals surface area contributed by atoms with Crippen molar-refractivity contribution in [1.82, 2.24) is 19.7 Å². The van der Waals surface area contributed by atoms with Gasteiger partial charge in [-0.3, -0.25) is 0 Å². The van der Waals surface area contributed by atoms with Crippen LogP contribution in [0.5, 0.6) is 0 Å². The van der Waals surface area contributed by atoms with Crippen molar-refractivity contribution in [3.63, 3.8) is 0 Å². The van der Waals surface area contributed by atoms with E-state index < -0.39 is 0 Å². The first-order valence-corrected chi connectivity index (χ1v) is 8.49. The molecule has 5 rings (SSSR count). The Hall–Kier alpha value is -3.08. The summed E-state index contributed by atoms with van der Waals surface area (Å²) in [6.07, 6.45) is 0.763. The number of aryl methyl sites for hydroxylation is 3. The molecule has 0 bridgehead atoms. The third-order valence-corrected chi connectivity index (χ3v) is 4.99. The SMILES string of the molecule is CCc1noc(-c2cc3c4[nH]c5ccccc5c4cc(C)c3n2C)n1. The number of fused-ring (bicyclic) bond motifs is 5. The minimum absolute atomic E-state index is 0.569. The van der Waals surface area contributed by atoms with Crippen LogP contribution in [-0.4, -0.2) is 19.7 Å². The van der Waals surface area contributed by atoms with Gasteiger partial charge in [-0.2, -0.15) is 4.98 Å². The first kappa shape index (κ1) is 14.3. The molecule has 0 saturated heterocycles. The average Bonchev–Trinajstić information content (AvgIpc) is 3.30. The van der Waals surface area contributed by atoms with Crippen LogP contribution in [0, 0.1) is 6.92 Å². The molecule has 0 unspecified atom stereocenters. The van der Waals surface area contributed by atoms with Gasteiger partial charge in [0.2, 0.25) is 0 Å². The van der Waals surface area contributed by atoms with Crippen LogP contribution < -0.4 is 0 Å². The Bertz CT molecular complexity index is 1260. The van der Waals surface area contributed by atoms with Gasteiger partial charge in [0.25, 0.3) is 5.89 Å². The van der Waals surface area contributed by atoms with Crippen molar-refractivity contribution < 1.29 is 4.52 Å². The summed E-state index contributed by atoms with van der Waals surface area (Å²) in [7, 11) is 2.05. The maximum absolute atomic E-state index is 5.47. The molecule has 1 N–H and O–H groups in total. The number of benzene rings is 2. The molecule has 5 nitrogen and oxygen atoms in total. The Morgan fingerprint density at radius 3 is 2.76 bits per heavy atom. The summed E-state index contributed by atoms with van der Waals surface area (Å²) in [5.74, 6) is 1.30. The van der Waals surface area contributed by atoms with Crippen LogP contribution in [0.25, 0.3) is 44.3 Å². The second-order valence-electron chi connectivity index (χ2n) is 6.51. The van der Waals surface area contributed by atoms with Crippen molar-refractivity contribution in [2.45, 2.75) is 20.3 Å². The second kappa shape index (κ2) is 4.96. The summed E-state index contributed by atoms with van der Waals surface area (Å²) in [6.45, 7) is 4.17. The summed E-state index contributed by atoms with van der Waals surface area (Å²) < 4.78 is 7.61. The van der Waals surface area contributed by atoms with Crippen LogP contribution in [0.1, 0.15) is 18.3 Å². The summed E-state index contributed by atoms with van der Waals surface area (Å²) in [6, 6.07) is 12.8. The zero-order chi connectivity index (χ0) is 17.1. The molecule has 0 saturated carbocycles. The summed E-state index contributed by atoms with van der Waals surface area (Å²) in [4.78, 5) is 8.08. The lowest BCUT2D eigenvalue weighted by Crippen LogP contribution is -1.93. The molecule has 5 heteroatoms. The predicted octanol–water partition coefficient (Wildman–Crippen LogP) is 4.73. The first-order chi connectivity index (χ1) is 12.2. The molecule has 5 aromatic rings. The highest BCUT2D eigenvalue weighted by Gasteiger charge is 2.18. The Kier molecular flexibility index (Phi) is 2.83. The Morgan fingerprint density at radius 1 is 1.12 bits per heavy atom. The molecule has 0 aliphatic carbocycles. The van der Waals surface area contributed by atoms with Crippen molar-refractivity contribution in [2.24, 2.45) is 7.05 Å².